The minimum atomic E-state index is -4.53. The normalized spacial score (nSPS) is 11.1. The summed E-state index contributed by atoms with van der Waals surface area (Å²) >= 11 is 5.99. The Morgan fingerprint density at radius 1 is 1.04 bits per heavy atom. The Morgan fingerprint density at radius 2 is 1.70 bits per heavy atom. The number of hydrogen-bond donors (Lipinski definition) is 2. The third-order valence-electron chi connectivity index (χ3n) is 3.12. The Labute approximate surface area is 136 Å². The zero-order chi connectivity index (χ0) is 16.9. The molecule has 2 aromatic carbocycles. The third kappa shape index (κ3) is 4.89. The van der Waals surface area contributed by atoms with Crippen molar-refractivity contribution >= 4 is 23.3 Å². The number of anilines is 1. The van der Waals surface area contributed by atoms with E-state index in [1.165, 1.54) is 18.2 Å². The Kier molecular flexibility index (Phi) is 5.50. The molecule has 122 valence electrons. The first-order valence-corrected chi connectivity index (χ1v) is 7.20. The van der Waals surface area contributed by atoms with Crippen molar-refractivity contribution < 1.29 is 18.0 Å². The largest absolute Gasteiger partial charge is 0.418 e. The topological polar surface area (TPSA) is 41.1 Å². The summed E-state index contributed by atoms with van der Waals surface area (Å²) in [5.74, 6) is 0. The summed E-state index contributed by atoms with van der Waals surface area (Å²) in [5.41, 5.74) is -0.318. The van der Waals surface area contributed by atoms with E-state index in [0.717, 1.165) is 11.6 Å². The van der Waals surface area contributed by atoms with Gasteiger partial charge in [-0.2, -0.15) is 13.2 Å². The van der Waals surface area contributed by atoms with E-state index < -0.39 is 17.8 Å². The molecule has 2 aromatic rings. The maximum atomic E-state index is 12.8. The van der Waals surface area contributed by atoms with E-state index in [0.29, 0.717) is 11.4 Å². The van der Waals surface area contributed by atoms with Crippen LogP contribution >= 0.6 is 11.6 Å². The molecule has 3 nitrogen and oxygen atoms in total. The van der Waals surface area contributed by atoms with Gasteiger partial charge in [-0.25, -0.2) is 4.79 Å². The monoisotopic (exact) mass is 342 g/mol. The van der Waals surface area contributed by atoms with E-state index in [1.807, 2.05) is 12.1 Å². The van der Waals surface area contributed by atoms with E-state index >= 15 is 0 Å². The van der Waals surface area contributed by atoms with Crippen molar-refractivity contribution in [1.82, 2.24) is 5.32 Å². The van der Waals surface area contributed by atoms with Crippen molar-refractivity contribution in [3.8, 4) is 0 Å². The number of carbonyl (C=O) groups is 1. The molecular formula is C16H14ClF3N2O. The van der Waals surface area contributed by atoms with Crippen LogP contribution in [0.2, 0.25) is 5.02 Å². The Hall–Kier alpha value is -2.21. The molecule has 0 bridgehead atoms. The van der Waals surface area contributed by atoms with Gasteiger partial charge in [0.2, 0.25) is 0 Å². The van der Waals surface area contributed by atoms with Crippen molar-refractivity contribution in [3.05, 3.63) is 64.7 Å². The molecule has 2 rings (SSSR count). The molecule has 0 spiro atoms. The minimum absolute atomic E-state index is 0.254. The van der Waals surface area contributed by atoms with Crippen molar-refractivity contribution in [1.29, 1.82) is 0 Å². The molecular weight excluding hydrogens is 329 g/mol. The summed E-state index contributed by atoms with van der Waals surface area (Å²) in [5, 5.41) is 5.31. The van der Waals surface area contributed by atoms with Gasteiger partial charge in [-0.3, -0.25) is 0 Å². The average Bonchev–Trinajstić information content (AvgIpc) is 2.49. The van der Waals surface area contributed by atoms with Crippen LogP contribution in [-0.2, 0) is 12.6 Å². The van der Waals surface area contributed by atoms with Crippen molar-refractivity contribution in [3.63, 3.8) is 0 Å². The summed E-state index contributed by atoms with van der Waals surface area (Å²) in [6.45, 7) is 0.254. The molecule has 23 heavy (non-hydrogen) atoms. The molecule has 0 aliphatic rings. The van der Waals surface area contributed by atoms with Crippen LogP contribution in [-0.4, -0.2) is 12.6 Å². The van der Waals surface area contributed by atoms with Crippen LogP contribution in [0.1, 0.15) is 11.1 Å². The van der Waals surface area contributed by atoms with Gasteiger partial charge in [-0.15, -0.1) is 0 Å². The van der Waals surface area contributed by atoms with Crippen LogP contribution in [0.5, 0.6) is 0 Å². The highest BCUT2D eigenvalue weighted by Gasteiger charge is 2.33. The lowest BCUT2D eigenvalue weighted by atomic mass is 10.1. The van der Waals surface area contributed by atoms with E-state index in [1.54, 1.807) is 12.1 Å². The molecule has 0 unspecified atom stereocenters. The molecule has 0 atom stereocenters. The highest BCUT2D eigenvalue weighted by atomic mass is 35.5. The van der Waals surface area contributed by atoms with Crippen molar-refractivity contribution in [2.75, 3.05) is 11.9 Å². The fourth-order valence-electron chi connectivity index (χ4n) is 2.02. The number of halogens is 4. The predicted octanol–water partition coefficient (Wildman–Crippen LogP) is 4.72. The number of nitrogens with one attached hydrogen (secondary N) is 2. The first-order valence-electron chi connectivity index (χ1n) is 6.82. The summed E-state index contributed by atoms with van der Waals surface area (Å²) in [6.07, 6.45) is -4.05. The number of benzene rings is 2. The second-order valence-electron chi connectivity index (χ2n) is 4.77. The fourth-order valence-corrected chi connectivity index (χ4v) is 2.25. The minimum Gasteiger partial charge on any atom is -0.338 e. The van der Waals surface area contributed by atoms with E-state index in [2.05, 4.69) is 10.6 Å². The molecule has 0 aliphatic carbocycles. The van der Waals surface area contributed by atoms with Gasteiger partial charge in [-0.1, -0.05) is 41.9 Å². The lowest BCUT2D eigenvalue weighted by molar-refractivity contribution is -0.136. The smallest absolute Gasteiger partial charge is 0.338 e. The zero-order valence-corrected chi connectivity index (χ0v) is 12.7. The van der Waals surface area contributed by atoms with Gasteiger partial charge in [-0.05, 0) is 30.2 Å². The van der Waals surface area contributed by atoms with Gasteiger partial charge < -0.3 is 10.6 Å². The Bertz CT molecular complexity index is 689. The second-order valence-corrected chi connectivity index (χ2v) is 5.17. The van der Waals surface area contributed by atoms with E-state index in [4.69, 9.17) is 11.6 Å². The quantitative estimate of drug-likeness (QED) is 0.829. The van der Waals surface area contributed by atoms with Gasteiger partial charge in [0.05, 0.1) is 11.3 Å². The van der Waals surface area contributed by atoms with Crippen molar-refractivity contribution in [2.45, 2.75) is 12.6 Å². The van der Waals surface area contributed by atoms with Gasteiger partial charge in [0, 0.05) is 11.6 Å². The number of urea groups is 1. The van der Waals surface area contributed by atoms with E-state index in [-0.39, 0.29) is 12.2 Å². The van der Waals surface area contributed by atoms with Gasteiger partial charge in [0.1, 0.15) is 0 Å². The number of hydrogen-bond acceptors (Lipinski definition) is 1. The molecule has 0 saturated heterocycles. The SMILES string of the molecule is O=C(NCCc1ccccc1Cl)Nc1ccccc1C(F)(F)F. The lowest BCUT2D eigenvalue weighted by Crippen LogP contribution is -2.31. The highest BCUT2D eigenvalue weighted by Crippen LogP contribution is 2.34. The second kappa shape index (κ2) is 7.37. The van der Waals surface area contributed by atoms with E-state index in [9.17, 15) is 18.0 Å². The van der Waals surface area contributed by atoms with Crippen LogP contribution in [0.15, 0.2) is 48.5 Å². The molecule has 0 aliphatic heterocycles. The fraction of sp³-hybridized carbons (Fsp3) is 0.188. The van der Waals surface area contributed by atoms with Gasteiger partial charge >= 0.3 is 12.2 Å². The predicted molar refractivity (Wildman–Crippen MR) is 83.6 cm³/mol. The van der Waals surface area contributed by atoms with Gasteiger partial charge in [0.25, 0.3) is 0 Å². The molecule has 0 fully saturated rings. The third-order valence-corrected chi connectivity index (χ3v) is 3.49. The molecule has 2 amide bonds. The van der Waals surface area contributed by atoms with Crippen LogP contribution < -0.4 is 10.6 Å². The van der Waals surface area contributed by atoms with Crippen LogP contribution in [0, 0.1) is 0 Å². The first kappa shape index (κ1) is 17.1. The number of alkyl halides is 3. The number of rotatable bonds is 4. The zero-order valence-electron chi connectivity index (χ0n) is 12.0. The number of carbonyl (C=O) groups excluding carboxylic acids is 1. The summed E-state index contributed by atoms with van der Waals surface area (Å²) in [7, 11) is 0. The maximum absolute atomic E-state index is 12.8. The number of amides is 2. The van der Waals surface area contributed by atoms with Crippen molar-refractivity contribution in [2.24, 2.45) is 0 Å². The Balaban J connectivity index is 1.92. The Morgan fingerprint density at radius 3 is 2.39 bits per heavy atom. The maximum Gasteiger partial charge on any atom is 0.418 e. The lowest BCUT2D eigenvalue weighted by Gasteiger charge is -2.14. The molecule has 7 heteroatoms. The molecule has 0 radical (unpaired) electrons. The highest BCUT2D eigenvalue weighted by molar-refractivity contribution is 6.31. The number of para-hydroxylation sites is 1. The van der Waals surface area contributed by atoms with Gasteiger partial charge in [0.15, 0.2) is 0 Å². The first-order chi connectivity index (χ1) is 10.9. The molecule has 2 N–H and O–H groups in total. The molecule has 0 heterocycles. The van der Waals surface area contributed by atoms with Crippen LogP contribution in [0.3, 0.4) is 0 Å². The molecule has 0 saturated carbocycles. The summed E-state index contributed by atoms with van der Waals surface area (Å²) < 4.78 is 38.5. The standard InChI is InChI=1S/C16H14ClF3N2O/c17-13-7-3-1-5-11(13)9-10-21-15(23)22-14-8-4-2-6-12(14)16(18,19)20/h1-8H,9-10H2,(H2,21,22,23). The summed E-state index contributed by atoms with van der Waals surface area (Å²) in [6, 6.07) is 11.3. The summed E-state index contributed by atoms with van der Waals surface area (Å²) in [4.78, 5) is 11.7. The average molecular weight is 343 g/mol. The van der Waals surface area contributed by atoms with Crippen LogP contribution in [0.4, 0.5) is 23.7 Å². The van der Waals surface area contributed by atoms with Crippen LogP contribution in [0.25, 0.3) is 0 Å². The molecule has 0 aromatic heterocycles.